The molecule has 0 aliphatic carbocycles. The van der Waals surface area contributed by atoms with E-state index in [1.807, 2.05) is 35.9 Å². The van der Waals surface area contributed by atoms with Crippen molar-refractivity contribution in [2.45, 2.75) is 32.9 Å². The fourth-order valence-electron chi connectivity index (χ4n) is 2.12. The van der Waals surface area contributed by atoms with E-state index in [0.29, 0.717) is 0 Å². The maximum Gasteiger partial charge on any atom is 0.0596 e. The molecule has 1 aromatic carbocycles. The van der Waals surface area contributed by atoms with E-state index in [0.717, 1.165) is 29.2 Å². The van der Waals surface area contributed by atoms with Crippen LogP contribution in [0.5, 0.6) is 0 Å². The third-order valence-corrected chi connectivity index (χ3v) is 3.23. The van der Waals surface area contributed by atoms with Crippen molar-refractivity contribution < 1.29 is 0 Å². The van der Waals surface area contributed by atoms with Crippen molar-refractivity contribution in [3.8, 4) is 0 Å². The van der Waals surface area contributed by atoms with Gasteiger partial charge in [0.2, 0.25) is 0 Å². The summed E-state index contributed by atoms with van der Waals surface area (Å²) in [6.45, 7) is 4.95. The first kappa shape index (κ1) is 13.1. The Labute approximate surface area is 113 Å². The van der Waals surface area contributed by atoms with Gasteiger partial charge in [0.15, 0.2) is 0 Å². The van der Waals surface area contributed by atoms with E-state index in [1.54, 1.807) is 0 Å². The molecule has 0 bridgehead atoms. The molecule has 0 radical (unpaired) electrons. The molecule has 18 heavy (non-hydrogen) atoms. The summed E-state index contributed by atoms with van der Waals surface area (Å²) in [5, 5.41) is 5.15. The first-order valence-corrected chi connectivity index (χ1v) is 6.52. The van der Waals surface area contributed by atoms with Gasteiger partial charge < -0.3 is 5.73 Å². The molecular weight excluding hydrogens is 246 g/mol. The van der Waals surface area contributed by atoms with Crippen molar-refractivity contribution >= 4 is 11.6 Å². The Balaban J connectivity index is 2.18. The zero-order valence-electron chi connectivity index (χ0n) is 10.7. The van der Waals surface area contributed by atoms with Crippen LogP contribution in [-0.2, 0) is 13.0 Å². The van der Waals surface area contributed by atoms with Gasteiger partial charge in [-0.15, -0.1) is 0 Å². The average molecular weight is 264 g/mol. The number of benzene rings is 1. The molecule has 2 rings (SSSR count). The van der Waals surface area contributed by atoms with Crippen LogP contribution in [0.15, 0.2) is 30.3 Å². The minimum Gasteiger partial charge on any atom is -0.324 e. The van der Waals surface area contributed by atoms with Gasteiger partial charge in [-0.3, -0.25) is 4.68 Å². The van der Waals surface area contributed by atoms with Crippen LogP contribution in [0.4, 0.5) is 0 Å². The molecule has 3 nitrogen and oxygen atoms in total. The zero-order valence-corrected chi connectivity index (χ0v) is 11.5. The van der Waals surface area contributed by atoms with Crippen LogP contribution in [0.3, 0.4) is 0 Å². The second-order valence-corrected chi connectivity index (χ2v) is 4.89. The van der Waals surface area contributed by atoms with Crippen LogP contribution in [0, 0.1) is 6.92 Å². The monoisotopic (exact) mass is 263 g/mol. The summed E-state index contributed by atoms with van der Waals surface area (Å²) in [5.74, 6) is 0. The van der Waals surface area contributed by atoms with Crippen molar-refractivity contribution in [3.05, 3.63) is 52.3 Å². The van der Waals surface area contributed by atoms with Gasteiger partial charge in [0.1, 0.15) is 0 Å². The van der Waals surface area contributed by atoms with E-state index in [-0.39, 0.29) is 6.04 Å². The summed E-state index contributed by atoms with van der Waals surface area (Å²) in [6, 6.07) is 9.76. The molecule has 0 aliphatic heterocycles. The Bertz CT molecular complexity index is 534. The smallest absolute Gasteiger partial charge is 0.0596 e. The highest BCUT2D eigenvalue weighted by Gasteiger charge is 2.11. The number of rotatable bonds is 4. The van der Waals surface area contributed by atoms with E-state index in [1.165, 1.54) is 5.69 Å². The van der Waals surface area contributed by atoms with Crippen molar-refractivity contribution in [1.29, 1.82) is 0 Å². The van der Waals surface area contributed by atoms with Crippen LogP contribution in [0.25, 0.3) is 0 Å². The van der Waals surface area contributed by atoms with Crippen molar-refractivity contribution in [2.75, 3.05) is 0 Å². The molecule has 0 amide bonds. The minimum absolute atomic E-state index is 0.0508. The second-order valence-electron chi connectivity index (χ2n) is 4.46. The Morgan fingerprint density at radius 1 is 1.39 bits per heavy atom. The summed E-state index contributed by atoms with van der Waals surface area (Å²) in [7, 11) is 0. The van der Waals surface area contributed by atoms with Crippen molar-refractivity contribution in [1.82, 2.24) is 9.78 Å². The molecule has 1 heterocycles. The Morgan fingerprint density at radius 3 is 2.83 bits per heavy atom. The number of aryl methyl sites for hydroxylation is 2. The number of aromatic nitrogens is 2. The highest BCUT2D eigenvalue weighted by atomic mass is 35.5. The van der Waals surface area contributed by atoms with E-state index < -0.39 is 0 Å². The van der Waals surface area contributed by atoms with Crippen LogP contribution in [0.2, 0.25) is 5.02 Å². The molecule has 0 spiro atoms. The Kier molecular flexibility index (Phi) is 4.04. The summed E-state index contributed by atoms with van der Waals surface area (Å²) < 4.78 is 2.00. The van der Waals surface area contributed by atoms with Crippen LogP contribution >= 0.6 is 11.6 Å². The summed E-state index contributed by atoms with van der Waals surface area (Å²) in [5.41, 5.74) is 9.49. The van der Waals surface area contributed by atoms with E-state index >= 15 is 0 Å². The molecule has 1 unspecified atom stereocenters. The molecule has 2 aromatic rings. The first-order chi connectivity index (χ1) is 8.60. The largest absolute Gasteiger partial charge is 0.324 e. The van der Waals surface area contributed by atoms with Crippen LogP contribution in [0.1, 0.15) is 29.9 Å². The first-order valence-electron chi connectivity index (χ1n) is 6.14. The normalized spacial score (nSPS) is 12.7. The van der Waals surface area contributed by atoms with Gasteiger partial charge in [-0.1, -0.05) is 23.7 Å². The van der Waals surface area contributed by atoms with Gasteiger partial charge in [-0.05, 0) is 37.6 Å². The lowest BCUT2D eigenvalue weighted by Crippen LogP contribution is -2.16. The molecule has 1 aromatic heterocycles. The lowest BCUT2D eigenvalue weighted by atomic mass is 10.0. The topological polar surface area (TPSA) is 43.8 Å². The predicted octanol–water partition coefficient (Wildman–Crippen LogP) is 3.11. The standard InChI is InChI=1S/C14H18ClN3/c1-3-18-13(7-10(2)17-18)9-14(16)11-5-4-6-12(15)8-11/h4-8,14H,3,9,16H2,1-2H3. The Morgan fingerprint density at radius 2 is 2.17 bits per heavy atom. The highest BCUT2D eigenvalue weighted by molar-refractivity contribution is 6.30. The molecule has 0 saturated carbocycles. The number of nitrogens with zero attached hydrogens (tertiary/aromatic N) is 2. The molecule has 2 N–H and O–H groups in total. The van der Waals surface area contributed by atoms with Gasteiger partial charge >= 0.3 is 0 Å². The van der Waals surface area contributed by atoms with Gasteiger partial charge in [0, 0.05) is 29.7 Å². The van der Waals surface area contributed by atoms with Gasteiger partial charge in [0.25, 0.3) is 0 Å². The predicted molar refractivity (Wildman–Crippen MR) is 74.7 cm³/mol. The number of hydrogen-bond donors (Lipinski definition) is 1. The molecule has 4 heteroatoms. The molecule has 0 aliphatic rings. The lowest BCUT2D eigenvalue weighted by Gasteiger charge is -2.13. The van der Waals surface area contributed by atoms with Gasteiger partial charge in [-0.2, -0.15) is 5.10 Å². The van der Waals surface area contributed by atoms with Crippen LogP contribution < -0.4 is 5.73 Å². The fourth-order valence-corrected chi connectivity index (χ4v) is 2.32. The Hall–Kier alpha value is -1.32. The lowest BCUT2D eigenvalue weighted by molar-refractivity contribution is 0.587. The quantitative estimate of drug-likeness (QED) is 0.921. The maximum atomic E-state index is 6.23. The van der Waals surface area contributed by atoms with Crippen molar-refractivity contribution in [3.63, 3.8) is 0 Å². The molecule has 1 atom stereocenters. The molecular formula is C14H18ClN3. The molecule has 0 saturated heterocycles. The fraction of sp³-hybridized carbons (Fsp3) is 0.357. The second kappa shape index (κ2) is 5.55. The number of halogens is 1. The minimum atomic E-state index is -0.0508. The molecule has 96 valence electrons. The number of hydrogen-bond acceptors (Lipinski definition) is 2. The van der Waals surface area contributed by atoms with E-state index in [9.17, 15) is 0 Å². The summed E-state index contributed by atoms with van der Waals surface area (Å²) in [6.07, 6.45) is 0.773. The van der Waals surface area contributed by atoms with Gasteiger partial charge in [-0.25, -0.2) is 0 Å². The highest BCUT2D eigenvalue weighted by Crippen LogP contribution is 2.20. The summed E-state index contributed by atoms with van der Waals surface area (Å²) in [4.78, 5) is 0. The zero-order chi connectivity index (χ0) is 13.1. The third-order valence-electron chi connectivity index (χ3n) is 2.99. The van der Waals surface area contributed by atoms with Crippen molar-refractivity contribution in [2.24, 2.45) is 5.73 Å². The SMILES string of the molecule is CCn1nc(C)cc1CC(N)c1cccc(Cl)c1. The maximum absolute atomic E-state index is 6.23. The third kappa shape index (κ3) is 2.92. The average Bonchev–Trinajstić information content (AvgIpc) is 2.69. The van der Waals surface area contributed by atoms with Crippen LogP contribution in [-0.4, -0.2) is 9.78 Å². The van der Waals surface area contributed by atoms with E-state index in [4.69, 9.17) is 17.3 Å². The molecule has 0 fully saturated rings. The number of nitrogens with two attached hydrogens (primary N) is 1. The van der Waals surface area contributed by atoms with Gasteiger partial charge in [0.05, 0.1) is 5.69 Å². The summed E-state index contributed by atoms with van der Waals surface area (Å²) >= 11 is 5.98. The van der Waals surface area contributed by atoms with E-state index in [2.05, 4.69) is 18.1 Å².